The van der Waals surface area contributed by atoms with Crippen molar-refractivity contribution < 1.29 is 14.3 Å². The Morgan fingerprint density at radius 2 is 1.89 bits per heavy atom. The summed E-state index contributed by atoms with van der Waals surface area (Å²) in [5.41, 5.74) is 3.41. The Labute approximate surface area is 208 Å². The van der Waals surface area contributed by atoms with Crippen LogP contribution in [0, 0.1) is 6.92 Å². The number of pyridine rings is 1. The summed E-state index contributed by atoms with van der Waals surface area (Å²) in [6, 6.07) is 17.0. The van der Waals surface area contributed by atoms with E-state index in [-0.39, 0.29) is 12.0 Å². The number of benzene rings is 2. The third-order valence-electron chi connectivity index (χ3n) is 5.29. The van der Waals surface area contributed by atoms with E-state index in [0.29, 0.717) is 28.7 Å². The predicted molar refractivity (Wildman–Crippen MR) is 137 cm³/mol. The summed E-state index contributed by atoms with van der Waals surface area (Å²) in [4.78, 5) is 19.1. The van der Waals surface area contributed by atoms with Gasteiger partial charge in [0, 0.05) is 30.1 Å². The van der Waals surface area contributed by atoms with E-state index < -0.39 is 0 Å². The van der Waals surface area contributed by atoms with Crippen molar-refractivity contribution in [2.45, 2.75) is 13.0 Å². The van der Waals surface area contributed by atoms with E-state index in [1.807, 2.05) is 57.4 Å². The highest BCUT2D eigenvalue weighted by Crippen LogP contribution is 2.33. The monoisotopic (exact) mass is 489 g/mol. The van der Waals surface area contributed by atoms with Crippen LogP contribution in [0.25, 0.3) is 10.6 Å². The molecule has 0 aliphatic carbocycles. The van der Waals surface area contributed by atoms with Crippen LogP contribution in [0.4, 0.5) is 5.13 Å². The van der Waals surface area contributed by atoms with Gasteiger partial charge in [-0.15, -0.1) is 10.2 Å². The first-order chi connectivity index (χ1) is 16.9. The molecule has 0 bridgehead atoms. The minimum Gasteiger partial charge on any atom is -0.493 e. The quantitative estimate of drug-likeness (QED) is 0.359. The van der Waals surface area contributed by atoms with Gasteiger partial charge in [0.15, 0.2) is 11.5 Å². The predicted octanol–water partition coefficient (Wildman–Crippen LogP) is 4.85. The molecule has 180 valence electrons. The van der Waals surface area contributed by atoms with Crippen LogP contribution in [0.2, 0.25) is 0 Å². The lowest BCUT2D eigenvalue weighted by Crippen LogP contribution is -2.24. The van der Waals surface area contributed by atoms with E-state index in [1.54, 1.807) is 37.7 Å². The number of carbonyl (C=O) groups is 1. The van der Waals surface area contributed by atoms with Gasteiger partial charge >= 0.3 is 0 Å². The molecule has 1 amide bonds. The van der Waals surface area contributed by atoms with Crippen LogP contribution < -0.4 is 14.8 Å². The van der Waals surface area contributed by atoms with E-state index in [0.717, 1.165) is 21.7 Å². The molecule has 8 nitrogen and oxygen atoms in total. The average Bonchev–Trinajstić information content (AvgIpc) is 3.32. The van der Waals surface area contributed by atoms with E-state index in [9.17, 15) is 4.79 Å². The number of anilines is 1. The lowest BCUT2D eigenvalue weighted by Gasteiger charge is -2.24. The largest absolute Gasteiger partial charge is 0.493 e. The zero-order valence-electron chi connectivity index (χ0n) is 20.1. The molecule has 4 aromatic rings. The molecule has 0 aliphatic heterocycles. The third kappa shape index (κ3) is 6.00. The van der Waals surface area contributed by atoms with E-state index in [4.69, 9.17) is 9.47 Å². The van der Waals surface area contributed by atoms with Crippen LogP contribution in [0.1, 0.15) is 27.6 Å². The van der Waals surface area contributed by atoms with Gasteiger partial charge in [-0.25, -0.2) is 0 Å². The number of carbonyl (C=O) groups excluding carboxylic acids is 1. The fraction of sp³-hybridized carbons (Fsp3) is 0.231. The molecule has 35 heavy (non-hydrogen) atoms. The molecule has 0 radical (unpaired) electrons. The van der Waals surface area contributed by atoms with Gasteiger partial charge in [-0.05, 0) is 56.4 Å². The molecule has 0 saturated heterocycles. The third-order valence-corrected chi connectivity index (χ3v) is 6.17. The lowest BCUT2D eigenvalue weighted by atomic mass is 10.1. The molecule has 1 atom stereocenters. The molecule has 2 aromatic carbocycles. The summed E-state index contributed by atoms with van der Waals surface area (Å²) in [7, 11) is 5.55. The number of methoxy groups -OCH3 is 1. The summed E-state index contributed by atoms with van der Waals surface area (Å²) in [5, 5.41) is 12.3. The summed E-state index contributed by atoms with van der Waals surface area (Å²) < 4.78 is 11.9. The molecule has 1 N–H and O–H groups in total. The normalized spacial score (nSPS) is 11.8. The maximum atomic E-state index is 12.9. The molecule has 2 aromatic heterocycles. The Hall–Kier alpha value is -3.82. The summed E-state index contributed by atoms with van der Waals surface area (Å²) in [6.07, 6.45) is 3.28. The van der Waals surface area contributed by atoms with Crippen LogP contribution >= 0.6 is 11.3 Å². The number of hydrogen-bond acceptors (Lipinski definition) is 8. The summed E-state index contributed by atoms with van der Waals surface area (Å²) in [5.74, 6) is 0.728. The van der Waals surface area contributed by atoms with Crippen molar-refractivity contribution in [1.29, 1.82) is 0 Å². The maximum Gasteiger partial charge on any atom is 0.257 e. The molecule has 4 rings (SSSR count). The van der Waals surface area contributed by atoms with Gasteiger partial charge in [0.25, 0.3) is 5.91 Å². The second-order valence-corrected chi connectivity index (χ2v) is 9.18. The highest BCUT2D eigenvalue weighted by atomic mass is 32.1. The Morgan fingerprint density at radius 3 is 2.60 bits per heavy atom. The number of nitrogens with zero attached hydrogens (tertiary/aromatic N) is 4. The van der Waals surface area contributed by atoms with Crippen molar-refractivity contribution in [3.05, 3.63) is 83.7 Å². The second-order valence-electron chi connectivity index (χ2n) is 8.20. The highest BCUT2D eigenvalue weighted by molar-refractivity contribution is 7.18. The van der Waals surface area contributed by atoms with Crippen molar-refractivity contribution in [3.63, 3.8) is 0 Å². The Morgan fingerprint density at radius 1 is 1.09 bits per heavy atom. The van der Waals surface area contributed by atoms with Gasteiger partial charge in [-0.2, -0.15) is 0 Å². The van der Waals surface area contributed by atoms with Gasteiger partial charge in [0.05, 0.1) is 7.11 Å². The molecule has 0 saturated carbocycles. The molecule has 0 spiro atoms. The topological polar surface area (TPSA) is 89.5 Å². The van der Waals surface area contributed by atoms with Crippen LogP contribution in [0.5, 0.6) is 11.5 Å². The van der Waals surface area contributed by atoms with Crippen LogP contribution in [-0.4, -0.2) is 53.7 Å². The van der Waals surface area contributed by atoms with Crippen molar-refractivity contribution in [2.75, 3.05) is 33.1 Å². The number of ether oxygens (including phenoxy) is 2. The fourth-order valence-corrected chi connectivity index (χ4v) is 4.36. The fourth-order valence-electron chi connectivity index (χ4n) is 3.53. The number of aryl methyl sites for hydroxylation is 1. The Balaban J connectivity index is 1.51. The molecule has 0 unspecified atom stereocenters. The molecule has 0 aliphatic rings. The van der Waals surface area contributed by atoms with Crippen molar-refractivity contribution in [3.8, 4) is 22.1 Å². The first-order valence-corrected chi connectivity index (χ1v) is 11.9. The number of likely N-dealkylation sites (N-methyl/N-ethyl adjacent to an activating group) is 1. The molecule has 9 heteroatoms. The zero-order chi connectivity index (χ0) is 24.8. The number of nitrogens with one attached hydrogen (secondary N) is 1. The molecular weight excluding hydrogens is 462 g/mol. The van der Waals surface area contributed by atoms with Gasteiger partial charge in [0.1, 0.15) is 11.1 Å². The number of aromatic nitrogens is 3. The van der Waals surface area contributed by atoms with Gasteiger partial charge in [-0.3, -0.25) is 15.1 Å². The smallest absolute Gasteiger partial charge is 0.257 e. The van der Waals surface area contributed by atoms with Crippen LogP contribution in [0.3, 0.4) is 0 Å². The average molecular weight is 490 g/mol. The van der Waals surface area contributed by atoms with E-state index >= 15 is 0 Å². The molecule has 2 heterocycles. The summed E-state index contributed by atoms with van der Waals surface area (Å²) >= 11 is 1.31. The Kier molecular flexibility index (Phi) is 7.69. The number of rotatable bonds is 9. The van der Waals surface area contributed by atoms with Gasteiger partial charge in [-0.1, -0.05) is 41.7 Å². The zero-order valence-corrected chi connectivity index (χ0v) is 20.9. The standard InChI is InChI=1S/C26H27N5O3S/c1-17-15-27-13-12-20(17)25-29-30-26(35-25)28-24(32)19-10-11-21(22(14-19)33-4)34-23(16-31(2)3)18-8-6-5-7-9-18/h5-15,23H,16H2,1-4H3,(H,28,30,32)/t23-/m0/s1. The van der Waals surface area contributed by atoms with Crippen molar-refractivity contribution >= 4 is 22.4 Å². The Bertz CT molecular complexity index is 1290. The minimum atomic E-state index is -0.308. The van der Waals surface area contributed by atoms with Crippen molar-refractivity contribution in [2.24, 2.45) is 0 Å². The lowest BCUT2D eigenvalue weighted by molar-refractivity contribution is 0.102. The van der Waals surface area contributed by atoms with Crippen LogP contribution in [-0.2, 0) is 0 Å². The molecule has 0 fully saturated rings. The SMILES string of the molecule is COc1cc(C(=O)Nc2nnc(-c3ccncc3C)s2)ccc1O[C@@H](CN(C)C)c1ccccc1. The van der Waals surface area contributed by atoms with E-state index in [2.05, 4.69) is 25.4 Å². The number of amides is 1. The first kappa shape index (κ1) is 24.3. The van der Waals surface area contributed by atoms with Gasteiger partial charge < -0.3 is 14.4 Å². The second kappa shape index (κ2) is 11.1. The molecular formula is C26H27N5O3S. The van der Waals surface area contributed by atoms with Crippen molar-refractivity contribution in [1.82, 2.24) is 20.1 Å². The first-order valence-electron chi connectivity index (χ1n) is 11.0. The number of hydrogen-bond donors (Lipinski definition) is 1. The van der Waals surface area contributed by atoms with E-state index in [1.165, 1.54) is 11.3 Å². The van der Waals surface area contributed by atoms with Gasteiger partial charge in [0.2, 0.25) is 5.13 Å². The minimum absolute atomic E-state index is 0.198. The maximum absolute atomic E-state index is 12.9. The summed E-state index contributed by atoms with van der Waals surface area (Å²) in [6.45, 7) is 2.64. The highest BCUT2D eigenvalue weighted by Gasteiger charge is 2.19. The van der Waals surface area contributed by atoms with Crippen LogP contribution in [0.15, 0.2) is 67.0 Å².